The minimum atomic E-state index is -1.38. The molecule has 1 atom stereocenters. The number of likely N-dealkylation sites (tertiary alicyclic amines) is 1. The van der Waals surface area contributed by atoms with Crippen LogP contribution in [0.3, 0.4) is 0 Å². The molecule has 2 amide bonds. The van der Waals surface area contributed by atoms with Crippen LogP contribution in [0.1, 0.15) is 47.7 Å². The fourth-order valence-electron chi connectivity index (χ4n) is 5.59. The molecule has 0 spiro atoms. The molecule has 3 aromatic carbocycles. The van der Waals surface area contributed by atoms with Gasteiger partial charge in [-0.05, 0) is 91.5 Å². The Balaban J connectivity index is 1.32. The number of hydrogen-bond acceptors (Lipinski definition) is 5. The van der Waals surface area contributed by atoms with E-state index in [-0.39, 0.29) is 18.2 Å². The van der Waals surface area contributed by atoms with Crippen LogP contribution < -0.4 is 5.32 Å². The van der Waals surface area contributed by atoms with E-state index in [1.165, 1.54) is 12.8 Å². The number of hydrogen-bond donors (Lipinski definition) is 2. The zero-order chi connectivity index (χ0) is 30.8. The highest BCUT2D eigenvalue weighted by molar-refractivity contribution is 5.95. The lowest BCUT2D eigenvalue weighted by molar-refractivity contribution is -0.161. The van der Waals surface area contributed by atoms with Crippen molar-refractivity contribution in [3.8, 4) is 11.1 Å². The van der Waals surface area contributed by atoms with Crippen LogP contribution in [0.5, 0.6) is 0 Å². The molecule has 5 rings (SSSR count). The molecule has 44 heavy (non-hydrogen) atoms. The van der Waals surface area contributed by atoms with Gasteiger partial charge >= 0.3 is 0 Å². The third kappa shape index (κ3) is 8.41. The molecule has 2 N–H and O–H groups in total. The van der Waals surface area contributed by atoms with Gasteiger partial charge in [-0.15, -0.1) is 0 Å². The summed E-state index contributed by atoms with van der Waals surface area (Å²) >= 11 is 0. The van der Waals surface area contributed by atoms with Crippen LogP contribution in [0.15, 0.2) is 109 Å². The Labute approximate surface area is 260 Å². The highest BCUT2D eigenvalue weighted by atomic mass is 16.6. The molecule has 1 saturated heterocycles. The molecule has 0 bridgehead atoms. The molecule has 228 valence electrons. The minimum Gasteiger partial charge on any atom is -0.362 e. The molecular weight excluding hydrogens is 550 g/mol. The van der Waals surface area contributed by atoms with E-state index in [0.717, 1.165) is 41.9 Å². The lowest BCUT2D eigenvalue weighted by Gasteiger charge is -2.30. The van der Waals surface area contributed by atoms with E-state index in [1.54, 1.807) is 29.2 Å². The molecule has 1 heterocycles. The Bertz CT molecular complexity index is 1520. The Hall–Kier alpha value is -4.30. The predicted molar refractivity (Wildman–Crippen MR) is 174 cm³/mol. The summed E-state index contributed by atoms with van der Waals surface area (Å²) in [6.45, 7) is 6.26. The fourth-order valence-corrected chi connectivity index (χ4v) is 5.59. The monoisotopic (exact) mass is 591 g/mol. The molecule has 7 nitrogen and oxygen atoms in total. The smallest absolute Gasteiger partial charge is 0.251 e. The molecule has 0 aromatic heterocycles. The molecule has 7 heteroatoms. The van der Waals surface area contributed by atoms with E-state index in [0.29, 0.717) is 31.0 Å². The van der Waals surface area contributed by atoms with E-state index in [2.05, 4.69) is 16.3 Å². The largest absolute Gasteiger partial charge is 0.362 e. The summed E-state index contributed by atoms with van der Waals surface area (Å²) in [5.41, 5.74) is 5.07. The number of nitrogens with one attached hydrogen (secondary N) is 1. The molecule has 1 aliphatic carbocycles. The van der Waals surface area contributed by atoms with Crippen molar-refractivity contribution < 1.29 is 19.4 Å². The maximum atomic E-state index is 13.6. The first-order valence-electron chi connectivity index (χ1n) is 15.4. The SMILES string of the molecule is CCOC1(O)C=CC(N(Cc2cccc(-c3cccc(C(=O)NCCN4CCCC4)c3)c2)C(=O)C=Cc2ccccc2)=CC1. The first-order chi connectivity index (χ1) is 21.4. The van der Waals surface area contributed by atoms with E-state index in [9.17, 15) is 14.7 Å². The second-order valence-corrected chi connectivity index (χ2v) is 11.2. The molecule has 1 fully saturated rings. The minimum absolute atomic E-state index is 0.0767. The quantitative estimate of drug-likeness (QED) is 0.206. The summed E-state index contributed by atoms with van der Waals surface area (Å²) in [7, 11) is 0. The topological polar surface area (TPSA) is 82.1 Å². The van der Waals surface area contributed by atoms with Gasteiger partial charge in [0.25, 0.3) is 11.8 Å². The van der Waals surface area contributed by atoms with Crippen molar-refractivity contribution >= 4 is 17.9 Å². The molecular formula is C37H41N3O4. The van der Waals surface area contributed by atoms with E-state index in [1.807, 2.05) is 85.8 Å². The number of aliphatic hydroxyl groups is 1. The van der Waals surface area contributed by atoms with Gasteiger partial charge in [0.1, 0.15) is 0 Å². The second-order valence-electron chi connectivity index (χ2n) is 11.2. The van der Waals surface area contributed by atoms with Crippen molar-refractivity contribution in [2.24, 2.45) is 0 Å². The van der Waals surface area contributed by atoms with Crippen LogP contribution in [0.4, 0.5) is 0 Å². The Kier molecular flexibility index (Phi) is 10.6. The fraction of sp³-hybridized carbons (Fsp3) is 0.297. The van der Waals surface area contributed by atoms with Crippen LogP contribution in [-0.4, -0.2) is 65.3 Å². The van der Waals surface area contributed by atoms with E-state index in [4.69, 9.17) is 4.74 Å². The number of benzene rings is 3. The number of amides is 2. The van der Waals surface area contributed by atoms with Gasteiger partial charge in [0.05, 0.1) is 6.54 Å². The van der Waals surface area contributed by atoms with Crippen molar-refractivity contribution in [3.63, 3.8) is 0 Å². The van der Waals surface area contributed by atoms with Gasteiger partial charge in [-0.1, -0.05) is 66.7 Å². The Morgan fingerprint density at radius 1 is 1.00 bits per heavy atom. The summed E-state index contributed by atoms with van der Waals surface area (Å²) in [5, 5.41) is 13.7. The number of allylic oxidation sites excluding steroid dienone is 1. The van der Waals surface area contributed by atoms with Crippen LogP contribution in [0, 0.1) is 0 Å². The highest BCUT2D eigenvalue weighted by Gasteiger charge is 2.28. The number of rotatable bonds is 12. The summed E-state index contributed by atoms with van der Waals surface area (Å²) in [6.07, 6.45) is 11.3. The molecule has 1 unspecified atom stereocenters. The number of carbonyl (C=O) groups excluding carboxylic acids is 2. The van der Waals surface area contributed by atoms with Crippen molar-refractivity contribution in [1.29, 1.82) is 0 Å². The third-order valence-electron chi connectivity index (χ3n) is 7.95. The van der Waals surface area contributed by atoms with Crippen LogP contribution >= 0.6 is 0 Å². The zero-order valence-electron chi connectivity index (χ0n) is 25.3. The number of nitrogens with zero attached hydrogens (tertiary/aromatic N) is 2. The summed E-state index contributed by atoms with van der Waals surface area (Å²) in [4.78, 5) is 30.6. The number of ether oxygens (including phenoxy) is 1. The normalized spacial score (nSPS) is 18.4. The van der Waals surface area contributed by atoms with Gasteiger partial charge < -0.3 is 25.0 Å². The van der Waals surface area contributed by atoms with Crippen molar-refractivity contribution in [1.82, 2.24) is 15.1 Å². The zero-order valence-corrected chi connectivity index (χ0v) is 25.3. The third-order valence-corrected chi connectivity index (χ3v) is 7.95. The Morgan fingerprint density at radius 2 is 1.75 bits per heavy atom. The molecule has 0 saturated carbocycles. The van der Waals surface area contributed by atoms with Crippen LogP contribution in [-0.2, 0) is 16.1 Å². The lowest BCUT2D eigenvalue weighted by atomic mass is 10.00. The van der Waals surface area contributed by atoms with Gasteiger partial charge in [-0.2, -0.15) is 0 Å². The van der Waals surface area contributed by atoms with Gasteiger partial charge in [-0.3, -0.25) is 9.59 Å². The van der Waals surface area contributed by atoms with E-state index < -0.39 is 5.79 Å². The van der Waals surface area contributed by atoms with Gasteiger partial charge in [0.2, 0.25) is 0 Å². The Morgan fingerprint density at radius 3 is 2.48 bits per heavy atom. The summed E-state index contributed by atoms with van der Waals surface area (Å²) in [6, 6.07) is 25.4. The van der Waals surface area contributed by atoms with Gasteiger partial charge in [0.15, 0.2) is 5.79 Å². The maximum Gasteiger partial charge on any atom is 0.251 e. The first kappa shape index (κ1) is 31.1. The second kappa shape index (κ2) is 14.9. The average Bonchev–Trinajstić information content (AvgIpc) is 3.57. The van der Waals surface area contributed by atoms with Gasteiger partial charge in [0, 0.05) is 43.5 Å². The number of carbonyl (C=O) groups is 2. The maximum absolute atomic E-state index is 13.6. The standard InChI is InChI=1S/C37H41N3O4/c1-2-44-37(43)20-18-34(19-21-37)40(35(41)17-16-29-10-4-3-5-11-29)28-30-12-8-13-31(26-30)32-14-9-15-33(27-32)36(42)38-22-25-39-23-6-7-24-39/h3-5,8-20,26-27,43H,2,6-7,21-25,28H2,1H3,(H,38,42). The van der Waals surface area contributed by atoms with Crippen molar-refractivity contribution in [2.75, 3.05) is 32.8 Å². The summed E-state index contributed by atoms with van der Waals surface area (Å²) < 4.78 is 5.49. The lowest BCUT2D eigenvalue weighted by Crippen LogP contribution is -2.34. The molecule has 3 aromatic rings. The van der Waals surface area contributed by atoms with Crippen molar-refractivity contribution in [2.45, 2.75) is 38.5 Å². The molecule has 1 aliphatic heterocycles. The van der Waals surface area contributed by atoms with Crippen LogP contribution in [0.25, 0.3) is 17.2 Å². The molecule has 2 aliphatic rings. The van der Waals surface area contributed by atoms with Gasteiger partial charge in [-0.25, -0.2) is 0 Å². The highest BCUT2D eigenvalue weighted by Crippen LogP contribution is 2.27. The average molecular weight is 592 g/mol. The van der Waals surface area contributed by atoms with Crippen molar-refractivity contribution in [3.05, 3.63) is 126 Å². The first-order valence-corrected chi connectivity index (χ1v) is 15.4. The van der Waals surface area contributed by atoms with Crippen LogP contribution in [0.2, 0.25) is 0 Å². The van der Waals surface area contributed by atoms with E-state index >= 15 is 0 Å². The summed E-state index contributed by atoms with van der Waals surface area (Å²) in [5.74, 6) is -1.63. The predicted octanol–water partition coefficient (Wildman–Crippen LogP) is 5.79. The molecule has 0 radical (unpaired) electrons.